The minimum absolute atomic E-state index is 0.00509. The number of Topliss-reactive ketones (excluding diaryl/α,β-unsaturated/α-hetero) is 1. The smallest absolute Gasteiger partial charge is 0.226 e. The highest BCUT2D eigenvalue weighted by Crippen LogP contribution is 2.24. The van der Waals surface area contributed by atoms with Crippen molar-refractivity contribution in [1.82, 2.24) is 0 Å². The van der Waals surface area contributed by atoms with E-state index in [2.05, 4.69) is 5.32 Å². The summed E-state index contributed by atoms with van der Waals surface area (Å²) in [5, 5.41) is 3.06. The second kappa shape index (κ2) is 3.64. The summed E-state index contributed by atoms with van der Waals surface area (Å²) in [7, 11) is 0. The number of halogens is 1. The number of carbonyl (C=O) groups is 2. The van der Waals surface area contributed by atoms with Gasteiger partial charge in [0.25, 0.3) is 0 Å². The van der Waals surface area contributed by atoms with Crippen molar-refractivity contribution in [3.8, 4) is 0 Å². The second-order valence-electron chi connectivity index (χ2n) is 3.41. The van der Waals surface area contributed by atoms with Gasteiger partial charge >= 0.3 is 0 Å². The van der Waals surface area contributed by atoms with Gasteiger partial charge in [-0.15, -0.1) is 0 Å². The first-order chi connectivity index (χ1) is 7.08. The van der Waals surface area contributed by atoms with E-state index in [0.717, 1.165) is 0 Å². The molecule has 0 bridgehead atoms. The monoisotopic (exact) mass is 224 g/mol. The number of benzene rings is 1. The number of anilines is 1. The standard InChI is InChI=1S/C10H9ClN2O2/c11-5-1-2-8-6(3-5)10(15)7(12)4-9(14)13-8/h1-3,7H,4,12H2,(H,13,14). The lowest BCUT2D eigenvalue weighted by atomic mass is 10.0. The van der Waals surface area contributed by atoms with Crippen LogP contribution in [0.4, 0.5) is 5.69 Å². The molecular formula is C10H9ClN2O2. The minimum atomic E-state index is -0.787. The van der Waals surface area contributed by atoms with Crippen molar-refractivity contribution in [2.45, 2.75) is 12.5 Å². The van der Waals surface area contributed by atoms with E-state index in [1.807, 2.05) is 0 Å². The van der Waals surface area contributed by atoms with Crippen LogP contribution >= 0.6 is 11.6 Å². The zero-order valence-electron chi connectivity index (χ0n) is 7.79. The van der Waals surface area contributed by atoms with Crippen molar-refractivity contribution in [2.75, 3.05) is 5.32 Å². The number of hydrogen-bond acceptors (Lipinski definition) is 3. The quantitative estimate of drug-likeness (QED) is 0.695. The van der Waals surface area contributed by atoms with E-state index in [1.54, 1.807) is 12.1 Å². The molecule has 2 rings (SSSR count). The maximum atomic E-state index is 11.8. The van der Waals surface area contributed by atoms with E-state index in [-0.39, 0.29) is 18.1 Å². The van der Waals surface area contributed by atoms with E-state index in [1.165, 1.54) is 6.07 Å². The molecule has 4 nitrogen and oxygen atoms in total. The number of hydrogen-bond donors (Lipinski definition) is 2. The average Bonchev–Trinajstić information content (AvgIpc) is 2.27. The lowest BCUT2D eigenvalue weighted by Gasteiger charge is -2.06. The van der Waals surface area contributed by atoms with E-state index < -0.39 is 6.04 Å². The first-order valence-corrected chi connectivity index (χ1v) is 4.85. The summed E-state index contributed by atoms with van der Waals surface area (Å²) in [5.41, 5.74) is 6.43. The molecule has 0 aromatic heterocycles. The fourth-order valence-corrected chi connectivity index (χ4v) is 1.69. The molecule has 0 spiro atoms. The Morgan fingerprint density at radius 3 is 2.87 bits per heavy atom. The Morgan fingerprint density at radius 2 is 2.13 bits per heavy atom. The van der Waals surface area contributed by atoms with Gasteiger partial charge in [-0.1, -0.05) is 11.6 Å². The molecule has 78 valence electrons. The first kappa shape index (κ1) is 10.1. The largest absolute Gasteiger partial charge is 0.325 e. The maximum absolute atomic E-state index is 11.8. The van der Waals surface area contributed by atoms with Crippen molar-refractivity contribution in [1.29, 1.82) is 0 Å². The molecule has 0 saturated heterocycles. The van der Waals surface area contributed by atoms with Gasteiger partial charge in [0.05, 0.1) is 11.7 Å². The summed E-state index contributed by atoms with van der Waals surface area (Å²) in [6, 6.07) is 3.95. The lowest BCUT2D eigenvalue weighted by Crippen LogP contribution is -2.31. The Hall–Kier alpha value is -1.39. The molecule has 1 aromatic rings. The molecule has 1 amide bonds. The lowest BCUT2D eigenvalue weighted by molar-refractivity contribution is -0.116. The highest BCUT2D eigenvalue weighted by Gasteiger charge is 2.26. The molecular weight excluding hydrogens is 216 g/mol. The van der Waals surface area contributed by atoms with E-state index in [4.69, 9.17) is 17.3 Å². The molecule has 0 aliphatic carbocycles. The van der Waals surface area contributed by atoms with Crippen molar-refractivity contribution < 1.29 is 9.59 Å². The SMILES string of the molecule is NC1CC(=O)Nc2ccc(Cl)cc2C1=O. The van der Waals surface area contributed by atoms with Crippen LogP contribution in [0.25, 0.3) is 0 Å². The third kappa shape index (κ3) is 1.86. The fourth-order valence-electron chi connectivity index (χ4n) is 1.52. The Bertz CT molecular complexity index is 445. The van der Waals surface area contributed by atoms with Crippen LogP contribution in [-0.4, -0.2) is 17.7 Å². The molecule has 0 saturated carbocycles. The van der Waals surface area contributed by atoms with Crippen molar-refractivity contribution in [3.05, 3.63) is 28.8 Å². The zero-order valence-corrected chi connectivity index (χ0v) is 8.54. The Labute approximate surface area is 91.4 Å². The molecule has 0 radical (unpaired) electrons. The molecule has 1 heterocycles. The number of fused-ring (bicyclic) bond motifs is 1. The van der Waals surface area contributed by atoms with Gasteiger partial charge in [-0.05, 0) is 18.2 Å². The molecule has 0 fully saturated rings. The van der Waals surface area contributed by atoms with E-state index in [9.17, 15) is 9.59 Å². The number of ketones is 1. The predicted molar refractivity (Wildman–Crippen MR) is 57.0 cm³/mol. The molecule has 1 aliphatic rings. The summed E-state index contributed by atoms with van der Waals surface area (Å²) in [6.45, 7) is 0. The summed E-state index contributed by atoms with van der Waals surface area (Å²) < 4.78 is 0. The van der Waals surface area contributed by atoms with Crippen molar-refractivity contribution in [2.24, 2.45) is 5.73 Å². The third-order valence-electron chi connectivity index (χ3n) is 2.26. The number of rotatable bonds is 0. The Kier molecular flexibility index (Phi) is 2.46. The van der Waals surface area contributed by atoms with Gasteiger partial charge in [0, 0.05) is 17.0 Å². The minimum Gasteiger partial charge on any atom is -0.325 e. The fraction of sp³-hybridized carbons (Fsp3) is 0.200. The van der Waals surface area contributed by atoms with Crippen LogP contribution in [0.1, 0.15) is 16.8 Å². The van der Waals surface area contributed by atoms with Gasteiger partial charge in [0.2, 0.25) is 5.91 Å². The summed E-state index contributed by atoms with van der Waals surface area (Å²) in [4.78, 5) is 23.1. The maximum Gasteiger partial charge on any atom is 0.226 e. The van der Waals surface area contributed by atoms with Crippen LogP contribution in [0.2, 0.25) is 5.02 Å². The molecule has 1 unspecified atom stereocenters. The number of nitrogens with two attached hydrogens (primary N) is 1. The van der Waals surface area contributed by atoms with Gasteiger partial charge < -0.3 is 11.1 Å². The summed E-state index contributed by atoms with van der Waals surface area (Å²) in [5.74, 6) is -0.511. The van der Waals surface area contributed by atoms with E-state index in [0.29, 0.717) is 16.3 Å². The van der Waals surface area contributed by atoms with Crippen LogP contribution in [-0.2, 0) is 4.79 Å². The second-order valence-corrected chi connectivity index (χ2v) is 3.85. The van der Waals surface area contributed by atoms with Gasteiger partial charge in [-0.2, -0.15) is 0 Å². The number of nitrogens with one attached hydrogen (secondary N) is 1. The van der Waals surface area contributed by atoms with Gasteiger partial charge in [-0.3, -0.25) is 9.59 Å². The van der Waals surface area contributed by atoms with E-state index >= 15 is 0 Å². The third-order valence-corrected chi connectivity index (χ3v) is 2.50. The predicted octanol–water partition coefficient (Wildman–Crippen LogP) is 1.19. The van der Waals surface area contributed by atoms with Gasteiger partial charge in [0.15, 0.2) is 5.78 Å². The van der Waals surface area contributed by atoms with Crippen LogP contribution in [0, 0.1) is 0 Å². The van der Waals surface area contributed by atoms with Crippen LogP contribution in [0.3, 0.4) is 0 Å². The van der Waals surface area contributed by atoms with Gasteiger partial charge in [0.1, 0.15) is 0 Å². The van der Waals surface area contributed by atoms with Gasteiger partial charge in [-0.25, -0.2) is 0 Å². The molecule has 1 atom stereocenters. The van der Waals surface area contributed by atoms with Crippen LogP contribution in [0.5, 0.6) is 0 Å². The molecule has 1 aromatic carbocycles. The van der Waals surface area contributed by atoms with Crippen LogP contribution < -0.4 is 11.1 Å². The summed E-state index contributed by atoms with van der Waals surface area (Å²) in [6.07, 6.45) is 0.00509. The topological polar surface area (TPSA) is 72.2 Å². The van der Waals surface area contributed by atoms with Crippen molar-refractivity contribution in [3.63, 3.8) is 0 Å². The number of carbonyl (C=O) groups excluding carboxylic acids is 2. The Balaban J connectivity index is 2.55. The molecule has 1 aliphatic heterocycles. The Morgan fingerprint density at radius 1 is 1.40 bits per heavy atom. The molecule has 15 heavy (non-hydrogen) atoms. The zero-order chi connectivity index (χ0) is 11.0. The van der Waals surface area contributed by atoms with Crippen LogP contribution in [0.15, 0.2) is 18.2 Å². The average molecular weight is 225 g/mol. The highest BCUT2D eigenvalue weighted by molar-refractivity contribution is 6.31. The normalized spacial score (nSPS) is 20.5. The first-order valence-electron chi connectivity index (χ1n) is 4.47. The highest BCUT2D eigenvalue weighted by atomic mass is 35.5. The summed E-state index contributed by atoms with van der Waals surface area (Å²) >= 11 is 5.77. The number of amides is 1. The molecule has 3 N–H and O–H groups in total. The molecule has 5 heteroatoms. The van der Waals surface area contributed by atoms with Crippen molar-refractivity contribution >= 4 is 29.0 Å².